The Kier molecular flexibility index (Phi) is 11.5. The number of esters is 1. The van der Waals surface area contributed by atoms with Crippen LogP contribution in [-0.4, -0.2) is 56.7 Å². The van der Waals surface area contributed by atoms with E-state index in [9.17, 15) is 27.6 Å². The molecule has 0 heterocycles. The summed E-state index contributed by atoms with van der Waals surface area (Å²) in [6.45, 7) is 2.70. The maximum Gasteiger partial charge on any atom is 0.491 e. The molecule has 1 unspecified atom stereocenters. The summed E-state index contributed by atoms with van der Waals surface area (Å²) in [6, 6.07) is 14.4. The molecule has 0 bridgehead atoms. The van der Waals surface area contributed by atoms with Crippen molar-refractivity contribution < 1.29 is 46.5 Å². The van der Waals surface area contributed by atoms with Crippen molar-refractivity contribution in [3.8, 4) is 17.2 Å². The highest BCUT2D eigenvalue weighted by Gasteiger charge is 2.41. The predicted molar refractivity (Wildman–Crippen MR) is 153 cm³/mol. The van der Waals surface area contributed by atoms with E-state index in [1.807, 2.05) is 0 Å². The van der Waals surface area contributed by atoms with E-state index < -0.39 is 35.8 Å². The van der Waals surface area contributed by atoms with Crippen molar-refractivity contribution in [1.82, 2.24) is 10.9 Å². The fourth-order valence-electron chi connectivity index (χ4n) is 3.64. The lowest BCUT2D eigenvalue weighted by Crippen LogP contribution is -2.45. The normalized spacial score (nSPS) is 11.6. The predicted octanol–water partition coefficient (Wildman–Crippen LogP) is 3.48. The molecule has 2 amide bonds. The number of amides is 2. The minimum absolute atomic E-state index is 0.0439. The highest BCUT2D eigenvalue weighted by Crippen LogP contribution is 2.32. The lowest BCUT2D eigenvalue weighted by molar-refractivity contribution is -0.189. The van der Waals surface area contributed by atoms with Gasteiger partial charge in [-0.2, -0.15) is 13.2 Å². The van der Waals surface area contributed by atoms with Gasteiger partial charge >= 0.3 is 12.1 Å². The van der Waals surface area contributed by atoms with E-state index in [0.29, 0.717) is 41.5 Å². The van der Waals surface area contributed by atoms with E-state index in [2.05, 4.69) is 20.9 Å². The Morgan fingerprint density at radius 1 is 0.886 bits per heavy atom. The Bertz CT molecular complexity index is 1470. The summed E-state index contributed by atoms with van der Waals surface area (Å²) in [4.78, 5) is 37.1. The standard InChI is InChI=1S/C29H30F3N5O7/c1-3-42-23-16-19(8-13-22(23)43-15-14-41-2)24(35-20-9-4-17(5-10-20)25(33)34)27(39)37-36-26(38)18-6-11-21(12-7-18)44-28(40)29(30,31)32/h4-13,16,24,35H,3,14-15H2,1-2H3,(H3,33,34)(H,36,38)(H,37,39). The SMILES string of the molecule is CCOc1cc(C(Nc2ccc(C(=N)N)cc2)C(=O)NNC(=O)c2ccc(OC(=O)C(F)(F)F)cc2)ccc1OCCOC. The maximum atomic E-state index is 13.4. The molecule has 0 aliphatic carbocycles. The van der Waals surface area contributed by atoms with Gasteiger partial charge in [0.05, 0.1) is 13.2 Å². The molecule has 44 heavy (non-hydrogen) atoms. The van der Waals surface area contributed by atoms with Gasteiger partial charge in [-0.05, 0) is 73.2 Å². The first-order chi connectivity index (χ1) is 20.9. The first-order valence-electron chi connectivity index (χ1n) is 13.0. The van der Waals surface area contributed by atoms with Gasteiger partial charge in [-0.1, -0.05) is 6.07 Å². The number of carbonyl (C=O) groups excluding carboxylic acids is 3. The average Bonchev–Trinajstić information content (AvgIpc) is 2.99. The zero-order valence-corrected chi connectivity index (χ0v) is 23.6. The van der Waals surface area contributed by atoms with Gasteiger partial charge in [-0.25, -0.2) is 4.79 Å². The Labute approximate surface area is 250 Å². The molecule has 0 saturated heterocycles. The Hall–Kier alpha value is -5.31. The molecular weight excluding hydrogens is 587 g/mol. The number of hydrogen-bond acceptors (Lipinski definition) is 9. The molecule has 0 saturated carbocycles. The Balaban J connectivity index is 1.80. The average molecular weight is 618 g/mol. The van der Waals surface area contributed by atoms with Crippen molar-refractivity contribution in [3.63, 3.8) is 0 Å². The van der Waals surface area contributed by atoms with Gasteiger partial charge in [-0.3, -0.25) is 25.8 Å². The molecule has 15 heteroatoms. The number of hydrogen-bond donors (Lipinski definition) is 5. The first-order valence-corrected chi connectivity index (χ1v) is 13.0. The van der Waals surface area contributed by atoms with Crippen LogP contribution >= 0.6 is 0 Å². The zero-order chi connectivity index (χ0) is 32.3. The van der Waals surface area contributed by atoms with Crippen LogP contribution in [0.3, 0.4) is 0 Å². The summed E-state index contributed by atoms with van der Waals surface area (Å²) in [5, 5.41) is 10.7. The van der Waals surface area contributed by atoms with Crippen LogP contribution in [0.4, 0.5) is 18.9 Å². The maximum absolute atomic E-state index is 13.4. The number of halogens is 3. The lowest BCUT2D eigenvalue weighted by atomic mass is 10.0. The third kappa shape index (κ3) is 9.35. The molecular formula is C29H30F3N5O7. The molecule has 6 N–H and O–H groups in total. The number of carbonyl (C=O) groups is 3. The number of benzene rings is 3. The van der Waals surface area contributed by atoms with Crippen molar-refractivity contribution in [2.24, 2.45) is 5.73 Å². The molecule has 3 aromatic carbocycles. The van der Waals surface area contributed by atoms with Gasteiger partial charge in [-0.15, -0.1) is 0 Å². The number of alkyl halides is 3. The second-order valence-corrected chi connectivity index (χ2v) is 8.90. The summed E-state index contributed by atoms with van der Waals surface area (Å²) in [5.41, 5.74) is 11.5. The molecule has 0 aromatic heterocycles. The van der Waals surface area contributed by atoms with Crippen LogP contribution in [0.15, 0.2) is 66.7 Å². The summed E-state index contributed by atoms with van der Waals surface area (Å²) >= 11 is 0. The van der Waals surface area contributed by atoms with Crippen LogP contribution < -0.4 is 36.1 Å². The van der Waals surface area contributed by atoms with Gasteiger partial charge in [0.25, 0.3) is 11.8 Å². The third-order valence-electron chi connectivity index (χ3n) is 5.77. The zero-order valence-electron chi connectivity index (χ0n) is 23.6. The van der Waals surface area contributed by atoms with Crippen LogP contribution in [0.5, 0.6) is 17.2 Å². The molecule has 12 nitrogen and oxygen atoms in total. The Morgan fingerprint density at radius 3 is 2.14 bits per heavy atom. The molecule has 0 aliphatic rings. The largest absolute Gasteiger partial charge is 0.491 e. The topological polar surface area (TPSA) is 174 Å². The number of methoxy groups -OCH3 is 1. The van der Waals surface area contributed by atoms with E-state index in [0.717, 1.165) is 24.3 Å². The number of hydrazine groups is 1. The highest BCUT2D eigenvalue weighted by molar-refractivity contribution is 5.97. The van der Waals surface area contributed by atoms with Crippen molar-refractivity contribution in [2.75, 3.05) is 32.2 Å². The van der Waals surface area contributed by atoms with Crippen LogP contribution in [0.2, 0.25) is 0 Å². The molecule has 0 aliphatic heterocycles. The summed E-state index contributed by atoms with van der Waals surface area (Å²) in [7, 11) is 1.54. The van der Waals surface area contributed by atoms with Crippen molar-refractivity contribution in [3.05, 3.63) is 83.4 Å². The quantitative estimate of drug-likeness (QED) is 0.0481. The van der Waals surface area contributed by atoms with E-state index in [1.54, 1.807) is 49.4 Å². The molecule has 1 atom stereocenters. The van der Waals surface area contributed by atoms with Crippen LogP contribution in [0.25, 0.3) is 0 Å². The number of amidine groups is 1. The highest BCUT2D eigenvalue weighted by atomic mass is 19.4. The number of rotatable bonds is 13. The molecule has 0 radical (unpaired) electrons. The lowest BCUT2D eigenvalue weighted by Gasteiger charge is -2.22. The number of nitrogen functional groups attached to an aromatic ring is 1. The van der Waals surface area contributed by atoms with E-state index >= 15 is 0 Å². The molecule has 234 valence electrons. The van der Waals surface area contributed by atoms with Crippen molar-refractivity contribution in [2.45, 2.75) is 19.1 Å². The minimum Gasteiger partial charge on any atom is -0.490 e. The fourth-order valence-corrected chi connectivity index (χ4v) is 3.64. The first kappa shape index (κ1) is 33.2. The van der Waals surface area contributed by atoms with E-state index in [-0.39, 0.29) is 18.0 Å². The fraction of sp³-hybridized carbons (Fsp3) is 0.241. The van der Waals surface area contributed by atoms with Crippen LogP contribution in [0.1, 0.15) is 34.5 Å². The monoisotopic (exact) mass is 617 g/mol. The molecule has 0 spiro atoms. The Morgan fingerprint density at radius 2 is 1.55 bits per heavy atom. The third-order valence-corrected chi connectivity index (χ3v) is 5.77. The smallest absolute Gasteiger partial charge is 0.490 e. The number of ether oxygens (including phenoxy) is 4. The van der Waals surface area contributed by atoms with Crippen LogP contribution in [-0.2, 0) is 14.3 Å². The molecule has 3 rings (SSSR count). The number of nitrogens with one attached hydrogen (secondary N) is 4. The van der Waals surface area contributed by atoms with Gasteiger partial charge < -0.3 is 30.0 Å². The number of nitrogens with two attached hydrogens (primary N) is 1. The van der Waals surface area contributed by atoms with Crippen molar-refractivity contribution >= 4 is 29.3 Å². The molecule has 3 aromatic rings. The van der Waals surface area contributed by atoms with Crippen molar-refractivity contribution in [1.29, 1.82) is 5.41 Å². The van der Waals surface area contributed by atoms with Gasteiger partial charge in [0.2, 0.25) is 0 Å². The molecule has 0 fully saturated rings. The summed E-state index contributed by atoms with van der Waals surface area (Å²) in [5.74, 6) is -3.66. The van der Waals surface area contributed by atoms with E-state index in [4.69, 9.17) is 25.4 Å². The second-order valence-electron chi connectivity index (χ2n) is 8.90. The summed E-state index contributed by atoms with van der Waals surface area (Å²) < 4.78 is 57.9. The summed E-state index contributed by atoms with van der Waals surface area (Å²) in [6.07, 6.45) is -5.18. The van der Waals surface area contributed by atoms with Gasteiger partial charge in [0.15, 0.2) is 11.5 Å². The number of anilines is 1. The minimum atomic E-state index is -5.18. The van der Waals surface area contributed by atoms with E-state index in [1.165, 1.54) is 7.11 Å². The van der Waals surface area contributed by atoms with Crippen LogP contribution in [0, 0.1) is 5.41 Å². The van der Waals surface area contributed by atoms with Gasteiger partial charge in [0, 0.05) is 23.9 Å². The second kappa shape index (κ2) is 15.2. The van der Waals surface area contributed by atoms with Gasteiger partial charge in [0.1, 0.15) is 24.2 Å².